The molecular formula is C7H12O5. The number of aliphatic hydroxyl groups excluding tert-OH is 3. The molecule has 0 aromatic rings. The number of hydrogen-bond donors (Lipinski definition) is 3. The van der Waals surface area contributed by atoms with E-state index in [9.17, 15) is 15.3 Å². The van der Waals surface area contributed by atoms with E-state index in [4.69, 9.17) is 9.47 Å². The summed E-state index contributed by atoms with van der Waals surface area (Å²) in [6.45, 7) is 0. The Bertz CT molecular complexity index is 185. The fraction of sp³-hybridized carbons (Fsp3) is 1.00. The fourth-order valence-corrected chi connectivity index (χ4v) is 1.73. The second-order valence-corrected chi connectivity index (χ2v) is 3.24. The summed E-state index contributed by atoms with van der Waals surface area (Å²) in [5.41, 5.74) is 0. The molecule has 2 rings (SSSR count). The van der Waals surface area contributed by atoms with Crippen molar-refractivity contribution >= 4 is 0 Å². The number of methoxy groups -OCH3 is 1. The lowest BCUT2D eigenvalue weighted by atomic mass is 9.90. The Hall–Kier alpha value is -0.200. The highest BCUT2D eigenvalue weighted by atomic mass is 16.6. The van der Waals surface area contributed by atoms with Crippen LogP contribution in [-0.4, -0.2) is 59.1 Å². The average Bonchev–Trinajstić information content (AvgIpc) is 2.81. The van der Waals surface area contributed by atoms with Gasteiger partial charge in [-0.15, -0.1) is 0 Å². The van der Waals surface area contributed by atoms with Crippen molar-refractivity contribution in [1.29, 1.82) is 0 Å². The first-order chi connectivity index (χ1) is 5.66. The van der Waals surface area contributed by atoms with E-state index in [1.54, 1.807) is 0 Å². The quantitative estimate of drug-likeness (QED) is 0.397. The maximum atomic E-state index is 9.39. The first-order valence-corrected chi connectivity index (χ1v) is 3.89. The van der Waals surface area contributed by atoms with Gasteiger partial charge < -0.3 is 24.8 Å². The average molecular weight is 176 g/mol. The molecule has 0 amide bonds. The number of fused-ring (bicyclic) bond motifs is 1. The number of ether oxygens (including phenoxy) is 2. The topological polar surface area (TPSA) is 82.5 Å². The molecule has 1 aliphatic heterocycles. The van der Waals surface area contributed by atoms with Gasteiger partial charge in [0.1, 0.15) is 36.6 Å². The highest BCUT2D eigenvalue weighted by Gasteiger charge is 2.60. The van der Waals surface area contributed by atoms with Crippen LogP contribution in [-0.2, 0) is 9.47 Å². The molecule has 1 saturated heterocycles. The highest BCUT2D eigenvalue weighted by molar-refractivity contribution is 5.08. The van der Waals surface area contributed by atoms with E-state index in [-0.39, 0.29) is 12.2 Å². The number of aliphatic hydroxyl groups is 3. The Morgan fingerprint density at radius 2 is 1.67 bits per heavy atom. The van der Waals surface area contributed by atoms with Gasteiger partial charge >= 0.3 is 0 Å². The van der Waals surface area contributed by atoms with Crippen LogP contribution < -0.4 is 0 Å². The van der Waals surface area contributed by atoms with E-state index in [0.29, 0.717) is 0 Å². The molecular weight excluding hydrogens is 164 g/mol. The molecule has 2 aliphatic rings. The summed E-state index contributed by atoms with van der Waals surface area (Å²) in [5.74, 6) is 0. The minimum atomic E-state index is -1.17. The zero-order chi connectivity index (χ0) is 8.88. The molecule has 5 nitrogen and oxygen atoms in total. The van der Waals surface area contributed by atoms with Crippen LogP contribution in [0.4, 0.5) is 0 Å². The third kappa shape index (κ3) is 0.982. The van der Waals surface area contributed by atoms with E-state index in [1.165, 1.54) is 7.11 Å². The van der Waals surface area contributed by atoms with Crippen molar-refractivity contribution in [2.24, 2.45) is 0 Å². The molecule has 1 aliphatic carbocycles. The molecule has 12 heavy (non-hydrogen) atoms. The van der Waals surface area contributed by atoms with Gasteiger partial charge in [-0.25, -0.2) is 0 Å². The van der Waals surface area contributed by atoms with Crippen LogP contribution in [0.15, 0.2) is 0 Å². The van der Waals surface area contributed by atoms with Crippen molar-refractivity contribution in [3.63, 3.8) is 0 Å². The van der Waals surface area contributed by atoms with Gasteiger partial charge in [0.2, 0.25) is 0 Å². The summed E-state index contributed by atoms with van der Waals surface area (Å²) >= 11 is 0. The predicted molar refractivity (Wildman–Crippen MR) is 37.5 cm³/mol. The second-order valence-electron chi connectivity index (χ2n) is 3.24. The molecule has 6 atom stereocenters. The van der Waals surface area contributed by atoms with Gasteiger partial charge in [-0.2, -0.15) is 0 Å². The standard InChI is InChI=1S/C7H12O5/c1-11-5-3(9)2(8)4(10)6-7(5)12-6/h2-10H,1H3/t2-,3-,4+,5+,6+,7+/m1/s1. The molecule has 3 N–H and O–H groups in total. The first-order valence-electron chi connectivity index (χ1n) is 3.89. The van der Waals surface area contributed by atoms with Crippen LogP contribution >= 0.6 is 0 Å². The lowest BCUT2D eigenvalue weighted by molar-refractivity contribution is -0.131. The van der Waals surface area contributed by atoms with E-state index in [0.717, 1.165) is 0 Å². The van der Waals surface area contributed by atoms with Gasteiger partial charge in [0.15, 0.2) is 0 Å². The SMILES string of the molecule is CO[C@H]1[C@H](O)[C@@H](O)[C@H](O)[C@@H]2O[C@@H]12. The van der Waals surface area contributed by atoms with Gasteiger partial charge in [-0.3, -0.25) is 0 Å². The molecule has 2 fully saturated rings. The van der Waals surface area contributed by atoms with E-state index in [2.05, 4.69) is 0 Å². The monoisotopic (exact) mass is 176 g/mol. The molecule has 5 heteroatoms. The summed E-state index contributed by atoms with van der Waals surface area (Å²) < 4.78 is 9.97. The second kappa shape index (κ2) is 2.65. The summed E-state index contributed by atoms with van der Waals surface area (Å²) in [4.78, 5) is 0. The van der Waals surface area contributed by atoms with Crippen molar-refractivity contribution in [3.05, 3.63) is 0 Å². The molecule has 0 aromatic heterocycles. The fourth-order valence-electron chi connectivity index (χ4n) is 1.73. The molecule has 0 aromatic carbocycles. The van der Waals surface area contributed by atoms with Gasteiger partial charge in [-0.1, -0.05) is 0 Å². The van der Waals surface area contributed by atoms with Crippen molar-refractivity contribution < 1.29 is 24.8 Å². The lowest BCUT2D eigenvalue weighted by Gasteiger charge is -2.30. The van der Waals surface area contributed by atoms with Gasteiger partial charge in [0.05, 0.1) is 0 Å². The Balaban J connectivity index is 2.11. The Kier molecular flexibility index (Phi) is 1.85. The predicted octanol–water partition coefficient (Wildman–Crippen LogP) is -2.13. The molecule has 1 heterocycles. The van der Waals surface area contributed by atoms with Crippen molar-refractivity contribution in [3.8, 4) is 0 Å². The third-order valence-corrected chi connectivity index (χ3v) is 2.53. The van der Waals surface area contributed by atoms with E-state index in [1.807, 2.05) is 0 Å². The van der Waals surface area contributed by atoms with E-state index < -0.39 is 24.4 Å². The maximum absolute atomic E-state index is 9.39. The summed E-state index contributed by atoms with van der Waals surface area (Å²) in [5, 5.41) is 28.0. The minimum Gasteiger partial charge on any atom is -0.387 e. The Labute approximate surface area is 69.5 Å². The first kappa shape index (κ1) is 8.40. The zero-order valence-electron chi connectivity index (χ0n) is 6.62. The maximum Gasteiger partial charge on any atom is 0.116 e. The number of hydrogen-bond acceptors (Lipinski definition) is 5. The third-order valence-electron chi connectivity index (χ3n) is 2.53. The normalized spacial score (nSPS) is 58.0. The summed E-state index contributed by atoms with van der Waals surface area (Å²) in [6.07, 6.45) is -4.37. The van der Waals surface area contributed by atoms with Gasteiger partial charge in [0, 0.05) is 7.11 Å². The lowest BCUT2D eigenvalue weighted by Crippen LogP contribution is -2.54. The van der Waals surface area contributed by atoms with Crippen LogP contribution in [0.25, 0.3) is 0 Å². The van der Waals surface area contributed by atoms with Gasteiger partial charge in [0.25, 0.3) is 0 Å². The summed E-state index contributed by atoms with van der Waals surface area (Å²) in [6, 6.07) is 0. The smallest absolute Gasteiger partial charge is 0.116 e. The van der Waals surface area contributed by atoms with Crippen LogP contribution in [0, 0.1) is 0 Å². The van der Waals surface area contributed by atoms with Crippen molar-refractivity contribution in [2.75, 3.05) is 7.11 Å². The molecule has 0 bridgehead atoms. The minimum absolute atomic E-state index is 0.261. The number of epoxide rings is 1. The molecule has 0 spiro atoms. The van der Waals surface area contributed by atoms with Crippen LogP contribution in [0.2, 0.25) is 0 Å². The van der Waals surface area contributed by atoms with E-state index >= 15 is 0 Å². The molecule has 1 saturated carbocycles. The largest absolute Gasteiger partial charge is 0.387 e. The molecule has 0 unspecified atom stereocenters. The van der Waals surface area contributed by atoms with Crippen molar-refractivity contribution in [1.82, 2.24) is 0 Å². The van der Waals surface area contributed by atoms with Crippen LogP contribution in [0.5, 0.6) is 0 Å². The summed E-state index contributed by atoms with van der Waals surface area (Å²) in [7, 11) is 1.44. The van der Waals surface area contributed by atoms with Crippen molar-refractivity contribution in [2.45, 2.75) is 36.6 Å². The Morgan fingerprint density at radius 3 is 2.25 bits per heavy atom. The van der Waals surface area contributed by atoms with Gasteiger partial charge in [-0.05, 0) is 0 Å². The molecule has 70 valence electrons. The van der Waals surface area contributed by atoms with Crippen LogP contribution in [0.3, 0.4) is 0 Å². The zero-order valence-corrected chi connectivity index (χ0v) is 6.62. The number of rotatable bonds is 1. The van der Waals surface area contributed by atoms with Crippen LogP contribution in [0.1, 0.15) is 0 Å². The molecule has 0 radical (unpaired) electrons. The highest BCUT2D eigenvalue weighted by Crippen LogP contribution is 2.38. The Morgan fingerprint density at radius 1 is 1.00 bits per heavy atom.